The Bertz CT molecular complexity index is 473. The number of hydrogen-bond donors (Lipinski definition) is 1. The molecule has 1 saturated heterocycles. The molecule has 1 aliphatic rings. The molecule has 0 spiro atoms. The van der Waals surface area contributed by atoms with Gasteiger partial charge in [-0.15, -0.1) is 0 Å². The molecule has 1 amide bonds. The number of carbonyl (C=O) groups excluding carboxylic acids is 1. The third kappa shape index (κ3) is 7.20. The standard InChI is InChI=1S/C17H26ClN3O2/c1-20-10-12-21(13-11-20)9-2-8-19-17(22)7-14-23-16-5-3-15(18)4-6-16/h3-6H,2,7-14H2,1H3,(H,19,22). The predicted molar refractivity (Wildman–Crippen MR) is 93.1 cm³/mol. The van der Waals surface area contributed by atoms with Crippen molar-refractivity contribution in [2.24, 2.45) is 0 Å². The number of ether oxygens (including phenoxy) is 1. The minimum atomic E-state index is 0.0392. The Labute approximate surface area is 143 Å². The molecular weight excluding hydrogens is 314 g/mol. The van der Waals surface area contributed by atoms with E-state index in [1.807, 2.05) is 0 Å². The van der Waals surface area contributed by atoms with Gasteiger partial charge in [-0.25, -0.2) is 0 Å². The van der Waals surface area contributed by atoms with Crippen molar-refractivity contribution in [3.8, 4) is 5.75 Å². The molecule has 0 saturated carbocycles. The highest BCUT2D eigenvalue weighted by atomic mass is 35.5. The van der Waals surface area contributed by atoms with Gasteiger partial charge in [0, 0.05) is 37.7 Å². The Hall–Kier alpha value is -1.30. The summed E-state index contributed by atoms with van der Waals surface area (Å²) in [5.74, 6) is 0.773. The van der Waals surface area contributed by atoms with Gasteiger partial charge in [-0.1, -0.05) is 11.6 Å². The van der Waals surface area contributed by atoms with Gasteiger partial charge >= 0.3 is 0 Å². The Balaban J connectivity index is 1.49. The number of piperazine rings is 1. The second-order valence-corrected chi connectivity index (χ2v) is 6.34. The van der Waals surface area contributed by atoms with Gasteiger partial charge in [-0.05, 0) is 44.3 Å². The van der Waals surface area contributed by atoms with Crippen molar-refractivity contribution >= 4 is 17.5 Å². The normalized spacial score (nSPS) is 16.3. The van der Waals surface area contributed by atoms with E-state index in [-0.39, 0.29) is 5.91 Å². The number of amides is 1. The van der Waals surface area contributed by atoms with Crippen LogP contribution < -0.4 is 10.1 Å². The van der Waals surface area contributed by atoms with Gasteiger partial charge < -0.3 is 19.9 Å². The molecule has 23 heavy (non-hydrogen) atoms. The topological polar surface area (TPSA) is 44.8 Å². The first-order valence-corrected chi connectivity index (χ1v) is 8.57. The van der Waals surface area contributed by atoms with E-state index in [4.69, 9.17) is 16.3 Å². The van der Waals surface area contributed by atoms with E-state index in [1.54, 1.807) is 24.3 Å². The van der Waals surface area contributed by atoms with Crippen LogP contribution in [0.3, 0.4) is 0 Å². The van der Waals surface area contributed by atoms with Crippen LogP contribution in [0.4, 0.5) is 0 Å². The summed E-state index contributed by atoms with van der Waals surface area (Å²) in [6.07, 6.45) is 1.37. The van der Waals surface area contributed by atoms with E-state index in [0.717, 1.165) is 51.4 Å². The summed E-state index contributed by atoms with van der Waals surface area (Å²) in [4.78, 5) is 16.5. The smallest absolute Gasteiger partial charge is 0.223 e. The van der Waals surface area contributed by atoms with Crippen LogP contribution in [0.15, 0.2) is 24.3 Å². The molecule has 5 nitrogen and oxygen atoms in total. The monoisotopic (exact) mass is 339 g/mol. The molecule has 0 bridgehead atoms. The number of rotatable bonds is 8. The van der Waals surface area contributed by atoms with Crippen molar-refractivity contribution in [3.05, 3.63) is 29.3 Å². The van der Waals surface area contributed by atoms with Gasteiger partial charge in [0.1, 0.15) is 5.75 Å². The Morgan fingerprint density at radius 2 is 1.91 bits per heavy atom. The lowest BCUT2D eigenvalue weighted by Gasteiger charge is -2.32. The SMILES string of the molecule is CN1CCN(CCCNC(=O)CCOc2ccc(Cl)cc2)CC1. The van der Waals surface area contributed by atoms with Crippen molar-refractivity contribution < 1.29 is 9.53 Å². The van der Waals surface area contributed by atoms with E-state index < -0.39 is 0 Å². The van der Waals surface area contributed by atoms with Crippen molar-refractivity contribution in [2.45, 2.75) is 12.8 Å². The van der Waals surface area contributed by atoms with Gasteiger partial charge in [-0.3, -0.25) is 4.79 Å². The summed E-state index contributed by atoms with van der Waals surface area (Å²) in [6, 6.07) is 7.15. The molecule has 1 aromatic carbocycles. The third-order valence-corrected chi connectivity index (χ3v) is 4.23. The van der Waals surface area contributed by atoms with E-state index in [2.05, 4.69) is 22.2 Å². The average Bonchev–Trinajstić information content (AvgIpc) is 2.55. The number of nitrogens with zero attached hydrogens (tertiary/aromatic N) is 2. The zero-order valence-corrected chi connectivity index (χ0v) is 14.5. The molecule has 1 heterocycles. The largest absolute Gasteiger partial charge is 0.493 e. The fourth-order valence-electron chi connectivity index (χ4n) is 2.48. The van der Waals surface area contributed by atoms with Gasteiger partial charge in [-0.2, -0.15) is 0 Å². The third-order valence-electron chi connectivity index (χ3n) is 3.98. The molecule has 1 aliphatic heterocycles. The summed E-state index contributed by atoms with van der Waals surface area (Å²) in [7, 11) is 2.16. The lowest BCUT2D eigenvalue weighted by Crippen LogP contribution is -2.45. The lowest BCUT2D eigenvalue weighted by atomic mass is 10.3. The molecule has 128 valence electrons. The summed E-state index contributed by atoms with van der Waals surface area (Å²) in [5.41, 5.74) is 0. The first kappa shape index (κ1) is 18.0. The van der Waals surface area contributed by atoms with Gasteiger partial charge in [0.15, 0.2) is 0 Å². The van der Waals surface area contributed by atoms with E-state index in [0.29, 0.717) is 18.1 Å². The fourth-order valence-corrected chi connectivity index (χ4v) is 2.61. The zero-order valence-electron chi connectivity index (χ0n) is 13.8. The Morgan fingerprint density at radius 3 is 2.61 bits per heavy atom. The number of nitrogens with one attached hydrogen (secondary N) is 1. The molecule has 0 aliphatic carbocycles. The molecule has 0 radical (unpaired) electrons. The molecule has 1 aromatic rings. The molecule has 6 heteroatoms. The maximum absolute atomic E-state index is 11.7. The quantitative estimate of drug-likeness (QED) is 0.734. The molecule has 0 atom stereocenters. The Kier molecular flexibility index (Phi) is 7.65. The zero-order chi connectivity index (χ0) is 16.5. The lowest BCUT2D eigenvalue weighted by molar-refractivity contribution is -0.121. The predicted octanol–water partition coefficient (Wildman–Crippen LogP) is 1.86. The van der Waals surface area contributed by atoms with Crippen LogP contribution in [0.1, 0.15) is 12.8 Å². The van der Waals surface area contributed by atoms with E-state index in [1.165, 1.54) is 0 Å². The van der Waals surface area contributed by atoms with Gasteiger partial charge in [0.05, 0.1) is 13.0 Å². The summed E-state index contributed by atoms with van der Waals surface area (Å²) >= 11 is 5.80. The number of likely N-dealkylation sites (N-methyl/N-ethyl adjacent to an activating group) is 1. The maximum Gasteiger partial charge on any atom is 0.223 e. The Morgan fingerprint density at radius 1 is 1.22 bits per heavy atom. The average molecular weight is 340 g/mol. The minimum absolute atomic E-state index is 0.0392. The van der Waals surface area contributed by atoms with Crippen molar-refractivity contribution in [1.29, 1.82) is 0 Å². The second-order valence-electron chi connectivity index (χ2n) is 5.90. The maximum atomic E-state index is 11.7. The van der Waals surface area contributed by atoms with E-state index in [9.17, 15) is 4.79 Å². The van der Waals surface area contributed by atoms with Crippen LogP contribution in [0.2, 0.25) is 5.02 Å². The van der Waals surface area contributed by atoms with Gasteiger partial charge in [0.25, 0.3) is 0 Å². The van der Waals surface area contributed by atoms with Crippen molar-refractivity contribution in [3.63, 3.8) is 0 Å². The van der Waals surface area contributed by atoms with Crippen LogP contribution in [0, 0.1) is 0 Å². The summed E-state index contributed by atoms with van der Waals surface area (Å²) in [6.45, 7) is 6.68. The number of benzene rings is 1. The molecule has 1 N–H and O–H groups in total. The highest BCUT2D eigenvalue weighted by Gasteiger charge is 2.12. The number of hydrogen-bond acceptors (Lipinski definition) is 4. The minimum Gasteiger partial charge on any atom is -0.493 e. The fraction of sp³-hybridized carbons (Fsp3) is 0.588. The number of halogens is 1. The van der Waals surface area contributed by atoms with Crippen LogP contribution in [0.5, 0.6) is 5.75 Å². The molecule has 1 fully saturated rings. The highest BCUT2D eigenvalue weighted by molar-refractivity contribution is 6.30. The molecule has 0 aromatic heterocycles. The number of carbonyl (C=O) groups is 1. The molecule has 2 rings (SSSR count). The van der Waals surface area contributed by atoms with Crippen LogP contribution in [0.25, 0.3) is 0 Å². The van der Waals surface area contributed by atoms with E-state index >= 15 is 0 Å². The van der Waals surface area contributed by atoms with Crippen LogP contribution in [-0.2, 0) is 4.79 Å². The van der Waals surface area contributed by atoms with Crippen molar-refractivity contribution in [1.82, 2.24) is 15.1 Å². The summed E-state index contributed by atoms with van der Waals surface area (Å²) < 4.78 is 5.51. The first-order valence-electron chi connectivity index (χ1n) is 8.19. The first-order chi connectivity index (χ1) is 11.1. The van der Waals surface area contributed by atoms with Crippen LogP contribution in [-0.4, -0.2) is 68.6 Å². The molecular formula is C17H26ClN3O2. The van der Waals surface area contributed by atoms with Crippen LogP contribution >= 0.6 is 11.6 Å². The van der Waals surface area contributed by atoms with Gasteiger partial charge in [0.2, 0.25) is 5.91 Å². The second kappa shape index (κ2) is 9.75. The highest BCUT2D eigenvalue weighted by Crippen LogP contribution is 2.15. The summed E-state index contributed by atoms with van der Waals surface area (Å²) in [5, 5.41) is 3.63. The van der Waals surface area contributed by atoms with Crippen molar-refractivity contribution in [2.75, 3.05) is 52.9 Å². The molecule has 0 unspecified atom stereocenters.